The number of ether oxygens (including phenoxy) is 1. The maximum absolute atomic E-state index is 12.9. The van der Waals surface area contributed by atoms with Crippen molar-refractivity contribution in [3.05, 3.63) is 58.6 Å². The van der Waals surface area contributed by atoms with Gasteiger partial charge in [-0.05, 0) is 61.7 Å². The average molecular weight is 524 g/mol. The summed E-state index contributed by atoms with van der Waals surface area (Å²) in [7, 11) is 0. The number of hydrogen-bond acceptors (Lipinski definition) is 5. The summed E-state index contributed by atoms with van der Waals surface area (Å²) >= 11 is 18.4. The van der Waals surface area contributed by atoms with Crippen LogP contribution in [0.4, 0.5) is 11.4 Å². The fourth-order valence-corrected chi connectivity index (χ4v) is 4.99. The van der Waals surface area contributed by atoms with E-state index in [0.29, 0.717) is 29.2 Å². The molecule has 0 bridgehead atoms. The molecule has 0 aromatic heterocycles. The Labute approximate surface area is 211 Å². The van der Waals surface area contributed by atoms with E-state index in [9.17, 15) is 19.2 Å². The maximum Gasteiger partial charge on any atom is 0.338 e. The van der Waals surface area contributed by atoms with Crippen LogP contribution in [0.5, 0.6) is 0 Å². The number of amides is 3. The van der Waals surface area contributed by atoms with Crippen LogP contribution >= 0.6 is 34.8 Å². The summed E-state index contributed by atoms with van der Waals surface area (Å²) in [6.07, 6.45) is 0.700. The molecule has 2 fully saturated rings. The molecule has 0 radical (unpaired) electrons. The van der Waals surface area contributed by atoms with Crippen LogP contribution in [0.3, 0.4) is 0 Å². The van der Waals surface area contributed by atoms with E-state index in [4.69, 9.17) is 39.5 Å². The molecule has 0 spiro atoms. The number of esters is 1. The lowest BCUT2D eigenvalue weighted by molar-refractivity contribution is -0.122. The van der Waals surface area contributed by atoms with Crippen molar-refractivity contribution in [2.45, 2.75) is 30.5 Å². The summed E-state index contributed by atoms with van der Waals surface area (Å²) in [5.74, 6) is -2.83. The van der Waals surface area contributed by atoms with E-state index in [1.165, 1.54) is 24.3 Å². The smallest absolute Gasteiger partial charge is 0.338 e. The largest absolute Gasteiger partial charge is 0.452 e. The first-order chi connectivity index (χ1) is 16.2. The molecule has 34 heavy (non-hydrogen) atoms. The predicted molar refractivity (Wildman–Crippen MR) is 130 cm³/mol. The van der Waals surface area contributed by atoms with E-state index in [1.54, 1.807) is 18.2 Å². The molecule has 1 heterocycles. The van der Waals surface area contributed by atoms with Gasteiger partial charge in [0, 0.05) is 10.7 Å². The molecule has 1 saturated heterocycles. The Balaban J connectivity index is 1.37. The summed E-state index contributed by atoms with van der Waals surface area (Å²) in [5, 5.41) is 2.38. The number of nitrogens with zero attached hydrogens (tertiary/aromatic N) is 1. The van der Waals surface area contributed by atoms with Crippen LogP contribution in [-0.2, 0) is 19.1 Å². The van der Waals surface area contributed by atoms with Crippen LogP contribution in [0.25, 0.3) is 0 Å². The van der Waals surface area contributed by atoms with Crippen LogP contribution in [0.2, 0.25) is 5.02 Å². The van der Waals surface area contributed by atoms with Gasteiger partial charge >= 0.3 is 5.97 Å². The van der Waals surface area contributed by atoms with Crippen molar-refractivity contribution in [3.8, 4) is 0 Å². The van der Waals surface area contributed by atoms with Crippen LogP contribution in [-0.4, -0.2) is 41.1 Å². The summed E-state index contributed by atoms with van der Waals surface area (Å²) in [4.78, 5) is 51.3. The van der Waals surface area contributed by atoms with Gasteiger partial charge in [-0.3, -0.25) is 19.3 Å². The van der Waals surface area contributed by atoms with Gasteiger partial charge in [-0.25, -0.2) is 4.79 Å². The number of nitrogens with one attached hydrogen (secondary N) is 1. The molecular weight excluding hydrogens is 503 g/mol. The number of benzene rings is 2. The van der Waals surface area contributed by atoms with Gasteiger partial charge in [-0.2, -0.15) is 0 Å². The second-order valence-electron chi connectivity index (χ2n) is 8.36. The topological polar surface area (TPSA) is 92.8 Å². The normalized spacial score (nSPS) is 24.1. The summed E-state index contributed by atoms with van der Waals surface area (Å²) < 4.78 is 5.08. The van der Waals surface area contributed by atoms with Gasteiger partial charge in [-0.15, -0.1) is 23.2 Å². The lowest BCUT2D eigenvalue weighted by Crippen LogP contribution is -2.34. The monoisotopic (exact) mass is 522 g/mol. The first kappa shape index (κ1) is 24.5. The molecule has 10 heteroatoms. The number of imide groups is 1. The number of rotatable bonds is 5. The zero-order chi connectivity index (χ0) is 24.6. The highest BCUT2D eigenvalue weighted by Gasteiger charge is 2.52. The van der Waals surface area contributed by atoms with Gasteiger partial charge in [0.15, 0.2) is 6.61 Å². The lowest BCUT2D eigenvalue weighted by atomic mass is 9.80. The van der Waals surface area contributed by atoms with E-state index in [1.807, 2.05) is 6.92 Å². The average Bonchev–Trinajstić information content (AvgIpc) is 3.04. The number of carbonyl (C=O) groups is 4. The Morgan fingerprint density at radius 2 is 1.59 bits per heavy atom. The van der Waals surface area contributed by atoms with Crippen molar-refractivity contribution in [2.75, 3.05) is 16.8 Å². The minimum absolute atomic E-state index is 0.175. The predicted octanol–water partition coefficient (Wildman–Crippen LogP) is 4.56. The fourth-order valence-electron chi connectivity index (χ4n) is 4.23. The molecule has 2 aromatic carbocycles. The van der Waals surface area contributed by atoms with E-state index in [-0.39, 0.29) is 28.1 Å². The van der Waals surface area contributed by atoms with Crippen LogP contribution in [0.15, 0.2) is 42.5 Å². The van der Waals surface area contributed by atoms with Crippen molar-refractivity contribution in [2.24, 2.45) is 11.8 Å². The first-order valence-corrected chi connectivity index (χ1v) is 11.9. The van der Waals surface area contributed by atoms with Crippen LogP contribution in [0, 0.1) is 18.8 Å². The van der Waals surface area contributed by atoms with Gasteiger partial charge in [0.2, 0.25) is 11.8 Å². The SMILES string of the molecule is Cc1ccc(Cl)cc1NC(=O)COC(=O)c1ccc(N2C(=O)[C@@H]3C[C@H](Cl)[C@@H](Cl)C[C@H]3C2=O)cc1. The summed E-state index contributed by atoms with van der Waals surface area (Å²) in [6, 6.07) is 10.9. The molecule has 0 unspecified atom stereocenters. The van der Waals surface area contributed by atoms with Crippen molar-refractivity contribution in [1.29, 1.82) is 0 Å². The number of halogens is 3. The molecule has 1 aliphatic carbocycles. The highest BCUT2D eigenvalue weighted by Crippen LogP contribution is 2.43. The zero-order valence-corrected chi connectivity index (χ0v) is 20.4. The number of hydrogen-bond donors (Lipinski definition) is 1. The second-order valence-corrected chi connectivity index (χ2v) is 9.92. The van der Waals surface area contributed by atoms with Gasteiger partial charge in [0.05, 0.1) is 33.8 Å². The zero-order valence-electron chi connectivity index (χ0n) is 18.1. The third kappa shape index (κ3) is 4.92. The summed E-state index contributed by atoms with van der Waals surface area (Å²) in [5.41, 5.74) is 1.87. The minimum Gasteiger partial charge on any atom is -0.452 e. The number of fused-ring (bicyclic) bond motifs is 1. The molecule has 4 atom stereocenters. The number of aryl methyl sites for hydroxylation is 1. The Hall–Kier alpha value is -2.61. The van der Waals surface area contributed by atoms with Crippen LogP contribution < -0.4 is 10.2 Å². The molecule has 2 aromatic rings. The highest BCUT2D eigenvalue weighted by atomic mass is 35.5. The molecule has 1 aliphatic heterocycles. The quantitative estimate of drug-likeness (QED) is 0.352. The Morgan fingerprint density at radius 1 is 1.00 bits per heavy atom. The van der Waals surface area contributed by atoms with E-state index in [0.717, 1.165) is 10.5 Å². The van der Waals surface area contributed by atoms with E-state index < -0.39 is 30.3 Å². The van der Waals surface area contributed by atoms with Crippen molar-refractivity contribution in [1.82, 2.24) is 0 Å². The molecule has 3 amide bonds. The fraction of sp³-hybridized carbons (Fsp3) is 0.333. The van der Waals surface area contributed by atoms with Gasteiger partial charge in [0.25, 0.3) is 5.91 Å². The number of alkyl halides is 2. The van der Waals surface area contributed by atoms with Crippen LogP contribution in [0.1, 0.15) is 28.8 Å². The second kappa shape index (κ2) is 9.94. The molecular formula is C24H21Cl3N2O5. The van der Waals surface area contributed by atoms with Gasteiger partial charge in [-0.1, -0.05) is 17.7 Å². The molecule has 4 rings (SSSR count). The number of carbonyl (C=O) groups excluding carboxylic acids is 4. The molecule has 1 saturated carbocycles. The molecule has 178 valence electrons. The van der Waals surface area contributed by atoms with Gasteiger partial charge < -0.3 is 10.1 Å². The maximum atomic E-state index is 12.9. The first-order valence-electron chi connectivity index (χ1n) is 10.6. The molecule has 2 aliphatic rings. The summed E-state index contributed by atoms with van der Waals surface area (Å²) in [6.45, 7) is 1.32. The highest BCUT2D eigenvalue weighted by molar-refractivity contribution is 6.31. The Morgan fingerprint density at radius 3 is 2.18 bits per heavy atom. The number of anilines is 2. The van der Waals surface area contributed by atoms with E-state index in [2.05, 4.69) is 5.32 Å². The van der Waals surface area contributed by atoms with Crippen molar-refractivity contribution < 1.29 is 23.9 Å². The molecule has 1 N–H and O–H groups in total. The van der Waals surface area contributed by atoms with Crippen molar-refractivity contribution >= 4 is 69.9 Å². The van der Waals surface area contributed by atoms with Crippen molar-refractivity contribution in [3.63, 3.8) is 0 Å². The lowest BCUT2D eigenvalue weighted by Gasteiger charge is -2.28. The molecule has 7 nitrogen and oxygen atoms in total. The minimum atomic E-state index is -0.716. The Kier molecular flexibility index (Phi) is 7.17. The third-order valence-corrected chi connectivity index (χ3v) is 7.41. The Bertz CT molecular complexity index is 1130. The van der Waals surface area contributed by atoms with Gasteiger partial charge in [0.1, 0.15) is 0 Å². The van der Waals surface area contributed by atoms with E-state index >= 15 is 0 Å². The third-order valence-electron chi connectivity index (χ3n) is 6.08. The standard InChI is InChI=1S/C24H21Cl3N2O5/c1-12-2-5-14(25)8-20(12)28-21(30)11-34-24(33)13-3-6-15(7-4-13)29-22(31)16-9-18(26)19(27)10-17(16)23(29)32/h2-8,16-19H,9-11H2,1H3,(H,28,30)/t16-,17-,18+,19+/m1/s1.